The Bertz CT molecular complexity index is 2740. The molecule has 18 heteroatoms. The van der Waals surface area contributed by atoms with Gasteiger partial charge >= 0.3 is 36.4 Å². The van der Waals surface area contributed by atoms with Crippen molar-refractivity contribution in [3.63, 3.8) is 0 Å². The second-order valence-electron chi connectivity index (χ2n) is 20.0. The average Bonchev–Trinajstić information content (AvgIpc) is 1.16. The van der Waals surface area contributed by atoms with Gasteiger partial charge in [-0.2, -0.15) is 39.5 Å². The number of ether oxygens (including phenoxy) is 6. The molecule has 0 unspecified atom stereocenters. The maximum atomic E-state index is 14.6. The third-order valence-electron chi connectivity index (χ3n) is 14.1. The molecule has 0 N–H and O–H groups in total. The van der Waals surface area contributed by atoms with E-state index in [-0.39, 0.29) is 12.0 Å². The number of esters is 3. The van der Waals surface area contributed by atoms with E-state index in [0.29, 0.717) is 25.7 Å². The van der Waals surface area contributed by atoms with Crippen LogP contribution in [0.25, 0.3) is 0 Å². The number of terminal acetylenes is 1. The Morgan fingerprint density at radius 2 is 0.812 bits per heavy atom. The molecular formula is C67H77F9O9. The zero-order chi connectivity index (χ0) is 62.5. The first-order valence-corrected chi connectivity index (χ1v) is 28.6. The second kappa shape index (κ2) is 38.2. The van der Waals surface area contributed by atoms with Gasteiger partial charge in [0.1, 0.15) is 6.10 Å². The lowest BCUT2D eigenvalue weighted by Gasteiger charge is -2.33. The molecule has 0 bridgehead atoms. The lowest BCUT2D eigenvalue weighted by Crippen LogP contribution is -2.52. The van der Waals surface area contributed by atoms with E-state index in [1.807, 2.05) is 0 Å². The molecule has 462 valence electrons. The number of halogens is 9. The fourth-order valence-corrected chi connectivity index (χ4v) is 9.48. The summed E-state index contributed by atoms with van der Waals surface area (Å²) >= 11 is 0. The zero-order valence-corrected chi connectivity index (χ0v) is 48.5. The van der Waals surface area contributed by atoms with Crippen molar-refractivity contribution in [2.24, 2.45) is 0 Å². The number of methoxy groups -OCH3 is 3. The van der Waals surface area contributed by atoms with Crippen LogP contribution < -0.4 is 0 Å². The predicted molar refractivity (Wildman–Crippen MR) is 306 cm³/mol. The molecule has 0 aliphatic rings. The van der Waals surface area contributed by atoms with Crippen molar-refractivity contribution in [2.75, 3.05) is 27.9 Å². The highest BCUT2D eigenvalue weighted by Gasteiger charge is 2.66. The molecule has 0 spiro atoms. The van der Waals surface area contributed by atoms with Crippen molar-refractivity contribution in [3.8, 4) is 47.9 Å². The predicted octanol–water partition coefficient (Wildman–Crippen LogP) is 16.0. The van der Waals surface area contributed by atoms with Crippen LogP contribution in [0, 0.1) is 47.9 Å². The molecule has 0 radical (unpaired) electrons. The number of benzene rings is 3. The van der Waals surface area contributed by atoms with Gasteiger partial charge in [0, 0.05) is 38.0 Å². The Labute approximate surface area is 495 Å². The molecular weight excluding hydrogens is 1120 g/mol. The topological polar surface area (TPSA) is 107 Å². The molecule has 9 nitrogen and oxygen atoms in total. The van der Waals surface area contributed by atoms with Gasteiger partial charge in [-0.05, 0) is 99.0 Å². The van der Waals surface area contributed by atoms with E-state index in [1.54, 1.807) is 6.07 Å². The largest absolute Gasteiger partial charge is 0.455 e. The van der Waals surface area contributed by atoms with Crippen LogP contribution in [-0.2, 0) is 59.6 Å². The van der Waals surface area contributed by atoms with Crippen molar-refractivity contribution >= 4 is 17.9 Å². The van der Waals surface area contributed by atoms with Gasteiger partial charge in [-0.25, -0.2) is 14.4 Å². The van der Waals surface area contributed by atoms with Crippen LogP contribution in [0.15, 0.2) is 115 Å². The van der Waals surface area contributed by atoms with Crippen LogP contribution in [0.3, 0.4) is 0 Å². The highest BCUT2D eigenvalue weighted by atomic mass is 19.4. The number of hydrogen-bond acceptors (Lipinski definition) is 9. The van der Waals surface area contributed by atoms with Crippen LogP contribution in [-0.4, -0.2) is 76.6 Å². The van der Waals surface area contributed by atoms with Crippen LogP contribution in [0.1, 0.15) is 158 Å². The fraction of sp³-hybridized carbons (Fsp3) is 0.507. The number of unbranched alkanes of at least 4 members (excludes halogenated alkanes) is 18. The molecule has 0 fully saturated rings. The van der Waals surface area contributed by atoms with E-state index >= 15 is 0 Å². The van der Waals surface area contributed by atoms with Gasteiger partial charge in [-0.1, -0.05) is 199 Å². The van der Waals surface area contributed by atoms with E-state index in [9.17, 15) is 53.9 Å². The fourth-order valence-electron chi connectivity index (χ4n) is 9.48. The molecule has 0 saturated carbocycles. The molecule has 0 aromatic heterocycles. The van der Waals surface area contributed by atoms with Crippen molar-refractivity contribution < 1.29 is 82.3 Å². The van der Waals surface area contributed by atoms with Crippen molar-refractivity contribution in [1.29, 1.82) is 0 Å². The van der Waals surface area contributed by atoms with Crippen molar-refractivity contribution in [1.82, 2.24) is 0 Å². The summed E-state index contributed by atoms with van der Waals surface area (Å²) in [5, 5.41) is 0. The first-order valence-electron chi connectivity index (χ1n) is 28.6. The molecule has 0 aliphatic carbocycles. The van der Waals surface area contributed by atoms with Gasteiger partial charge in [0.15, 0.2) is 12.7 Å². The third-order valence-corrected chi connectivity index (χ3v) is 14.1. The Kier molecular flexibility index (Phi) is 32.5. The Morgan fingerprint density at radius 1 is 0.459 bits per heavy atom. The third kappa shape index (κ3) is 22.4. The maximum absolute atomic E-state index is 14.6. The first-order chi connectivity index (χ1) is 40.7. The van der Waals surface area contributed by atoms with Gasteiger partial charge in [0.25, 0.3) is 16.8 Å². The van der Waals surface area contributed by atoms with Crippen LogP contribution in [0.4, 0.5) is 39.5 Å². The first kappa shape index (κ1) is 72.3. The molecule has 0 aliphatic heterocycles. The number of allylic oxidation sites excluding steroid dienone is 3. The SMILES string of the molecule is C#C/C=C\[C@@H](CCCCCCCCCCC/C=C\CCCCCCCCCCC[C@@H](C#CC#CC#CCOC(=O)[C@@](OC)(c1ccccc1)C(F)(F)F)OC(=O)[C@@](OC)(c1ccccc1)C(F)(F)F)OC(=O)[C@@](OC)(c1ccccc1)C(F)(F)F. The second-order valence-corrected chi connectivity index (χ2v) is 20.0. The molecule has 85 heavy (non-hydrogen) atoms. The maximum Gasteiger partial charge on any atom is 0.432 e. The van der Waals surface area contributed by atoms with E-state index in [2.05, 4.69) is 58.3 Å². The molecule has 0 amide bonds. The quantitative estimate of drug-likeness (QED) is 0.0139. The number of alkyl halides is 9. The summed E-state index contributed by atoms with van der Waals surface area (Å²) in [7, 11) is 2.32. The summed E-state index contributed by atoms with van der Waals surface area (Å²) in [5.74, 6) is 11.6. The van der Waals surface area contributed by atoms with Crippen molar-refractivity contribution in [3.05, 3.63) is 132 Å². The summed E-state index contributed by atoms with van der Waals surface area (Å²) in [6, 6.07) is 19.3. The number of rotatable bonds is 37. The normalized spacial score (nSPS) is 14.6. The van der Waals surface area contributed by atoms with Crippen molar-refractivity contribution in [2.45, 2.75) is 189 Å². The molecule has 5 atom stereocenters. The Morgan fingerprint density at radius 3 is 1.20 bits per heavy atom. The van der Waals surface area contributed by atoms with E-state index in [4.69, 9.17) is 30.1 Å². The van der Waals surface area contributed by atoms with Gasteiger partial charge < -0.3 is 28.4 Å². The monoisotopic (exact) mass is 1200 g/mol. The van der Waals surface area contributed by atoms with E-state index in [0.717, 1.165) is 155 Å². The standard InChI is InChI=1S/C67H77F9O9/c1-5-6-49-57(84-60(78)63(81-3,66(71,72)73)55-45-35-31-36-46-55)50-39-26-23-21-19-17-15-13-11-9-7-8-10-12-14-16-18-20-22-24-27-40-51-58(85-61(79)64(82-4,67(74,75)76)56-47-37-32-38-48-56)52-41-28-25-29-42-53-83-59(77)62(80-2,65(68,69)70)54-43-33-30-34-44-54/h1,6-8,30-38,43-49,57-58H,9-24,26-27,39-40,50-51,53H2,2-4H3/b8-7-,49-6-/t57-,58-,62-,63-,64-/m0/s1. The smallest absolute Gasteiger partial charge is 0.432 e. The minimum Gasteiger partial charge on any atom is -0.455 e. The van der Waals surface area contributed by atoms with Gasteiger partial charge in [0.2, 0.25) is 0 Å². The molecule has 3 rings (SSSR count). The lowest BCUT2D eigenvalue weighted by molar-refractivity contribution is -0.278. The van der Waals surface area contributed by atoms with Gasteiger partial charge in [-0.3, -0.25) is 0 Å². The molecule has 3 aromatic rings. The summed E-state index contributed by atoms with van der Waals surface area (Å²) in [6.07, 6.45) is 14.7. The summed E-state index contributed by atoms with van der Waals surface area (Å²) < 4.78 is 159. The highest BCUT2D eigenvalue weighted by Crippen LogP contribution is 2.46. The van der Waals surface area contributed by atoms with E-state index < -0.39 is 83.2 Å². The van der Waals surface area contributed by atoms with Crippen LogP contribution in [0.2, 0.25) is 0 Å². The van der Waals surface area contributed by atoms with Crippen LogP contribution >= 0.6 is 0 Å². The molecule has 0 saturated heterocycles. The van der Waals surface area contributed by atoms with Gasteiger partial charge in [-0.15, -0.1) is 6.42 Å². The average molecular weight is 1200 g/mol. The minimum atomic E-state index is -5.21. The summed E-state index contributed by atoms with van der Waals surface area (Å²) in [4.78, 5) is 39.3. The highest BCUT2D eigenvalue weighted by molar-refractivity contribution is 5.84. The zero-order valence-electron chi connectivity index (χ0n) is 48.5. The Hall–Kier alpha value is -6.96. The summed E-state index contributed by atoms with van der Waals surface area (Å²) in [5.41, 5.74) is -11.5. The van der Waals surface area contributed by atoms with E-state index in [1.165, 1.54) is 72.8 Å². The summed E-state index contributed by atoms with van der Waals surface area (Å²) in [6.45, 7) is -0.787. The molecule has 3 aromatic carbocycles. The van der Waals surface area contributed by atoms with Gasteiger partial charge in [0.05, 0.1) is 0 Å². The number of carbonyl (C=O) groups is 3. The van der Waals surface area contributed by atoms with Crippen LogP contribution in [0.5, 0.6) is 0 Å². The minimum absolute atomic E-state index is 0.0864. The lowest BCUT2D eigenvalue weighted by atomic mass is 9.92. The molecule has 0 heterocycles. The number of carbonyl (C=O) groups excluding carboxylic acids is 3. The number of hydrogen-bond donors (Lipinski definition) is 0. The Balaban J connectivity index is 1.33.